The summed E-state index contributed by atoms with van der Waals surface area (Å²) in [6, 6.07) is 0. The minimum Gasteiger partial charge on any atom is -0.468 e. The summed E-state index contributed by atoms with van der Waals surface area (Å²) in [6.45, 7) is 0. The Morgan fingerprint density at radius 3 is 2.82 bits per heavy atom. The third kappa shape index (κ3) is 1.60. The normalized spacial score (nSPS) is 30.0. The topological polar surface area (TPSA) is 52.3 Å². The zero-order chi connectivity index (χ0) is 8.32. The highest BCUT2D eigenvalue weighted by Gasteiger charge is 2.34. The average Bonchev–Trinajstić information content (AvgIpc) is 2.04. The van der Waals surface area contributed by atoms with Crippen LogP contribution < -0.4 is 5.73 Å². The number of allylic oxidation sites excluding steroid dienone is 1. The number of carbonyl (C=O) groups excluding carboxylic acids is 1. The summed E-state index contributed by atoms with van der Waals surface area (Å²) < 4.78 is 4.59. The number of esters is 1. The Morgan fingerprint density at radius 1 is 1.64 bits per heavy atom. The lowest BCUT2D eigenvalue weighted by atomic mass is 9.87. The van der Waals surface area contributed by atoms with Crippen molar-refractivity contribution in [1.82, 2.24) is 0 Å². The molecule has 0 aromatic carbocycles. The van der Waals surface area contributed by atoms with E-state index in [1.165, 1.54) is 7.11 Å². The molecule has 0 amide bonds. The van der Waals surface area contributed by atoms with Crippen molar-refractivity contribution in [2.45, 2.75) is 24.8 Å². The Kier molecular flexibility index (Phi) is 2.29. The molecule has 0 aliphatic heterocycles. The Morgan fingerprint density at radius 2 is 2.36 bits per heavy atom. The molecule has 0 aromatic rings. The molecule has 1 unspecified atom stereocenters. The highest BCUT2D eigenvalue weighted by atomic mass is 16.5. The first-order chi connectivity index (χ1) is 5.19. The van der Waals surface area contributed by atoms with Crippen LogP contribution in [0.25, 0.3) is 0 Å². The molecule has 0 fully saturated rings. The molecule has 0 heterocycles. The number of nitrogens with two attached hydrogens (primary N) is 1. The highest BCUT2D eigenvalue weighted by molar-refractivity contribution is 5.80. The van der Waals surface area contributed by atoms with Crippen LogP contribution >= 0.6 is 0 Å². The molecule has 0 saturated heterocycles. The van der Waals surface area contributed by atoms with Gasteiger partial charge in [-0.15, -0.1) is 0 Å². The predicted octanol–water partition coefficient (Wildman–Crippen LogP) is 0.597. The van der Waals surface area contributed by atoms with Crippen LogP contribution in [0, 0.1) is 0 Å². The van der Waals surface area contributed by atoms with E-state index < -0.39 is 5.54 Å². The predicted molar refractivity (Wildman–Crippen MR) is 41.9 cm³/mol. The summed E-state index contributed by atoms with van der Waals surface area (Å²) >= 11 is 0. The van der Waals surface area contributed by atoms with Crippen molar-refractivity contribution in [3.8, 4) is 0 Å². The van der Waals surface area contributed by atoms with E-state index in [0.29, 0.717) is 12.8 Å². The van der Waals surface area contributed by atoms with Gasteiger partial charge in [-0.05, 0) is 19.3 Å². The minimum atomic E-state index is -0.760. The molecule has 1 atom stereocenters. The van der Waals surface area contributed by atoms with E-state index in [-0.39, 0.29) is 5.97 Å². The van der Waals surface area contributed by atoms with E-state index in [2.05, 4.69) is 4.74 Å². The number of rotatable bonds is 1. The standard InChI is InChI=1S/C8H13NO2/c1-11-7(10)8(9)5-3-2-4-6-8/h2-3H,4-6,9H2,1H3. The Balaban J connectivity index is 2.66. The summed E-state index contributed by atoms with van der Waals surface area (Å²) in [5.74, 6) is -0.304. The Labute approximate surface area is 66.2 Å². The van der Waals surface area contributed by atoms with Gasteiger partial charge < -0.3 is 10.5 Å². The van der Waals surface area contributed by atoms with Gasteiger partial charge in [0.25, 0.3) is 0 Å². The van der Waals surface area contributed by atoms with Crippen molar-refractivity contribution in [3.63, 3.8) is 0 Å². The van der Waals surface area contributed by atoms with Crippen LogP contribution in [0.15, 0.2) is 12.2 Å². The average molecular weight is 155 g/mol. The first-order valence-electron chi connectivity index (χ1n) is 3.71. The van der Waals surface area contributed by atoms with Gasteiger partial charge in [0, 0.05) is 0 Å². The second kappa shape index (κ2) is 3.05. The van der Waals surface area contributed by atoms with Gasteiger partial charge in [0.1, 0.15) is 5.54 Å². The fraction of sp³-hybridized carbons (Fsp3) is 0.625. The zero-order valence-corrected chi connectivity index (χ0v) is 6.67. The molecule has 3 nitrogen and oxygen atoms in total. The van der Waals surface area contributed by atoms with Crippen LogP contribution in [0.1, 0.15) is 19.3 Å². The Hall–Kier alpha value is -0.830. The largest absolute Gasteiger partial charge is 0.468 e. The monoisotopic (exact) mass is 155 g/mol. The molecular formula is C8H13NO2. The van der Waals surface area contributed by atoms with E-state index in [9.17, 15) is 4.79 Å². The molecule has 0 saturated carbocycles. The van der Waals surface area contributed by atoms with Crippen LogP contribution in [0.2, 0.25) is 0 Å². The zero-order valence-electron chi connectivity index (χ0n) is 6.67. The molecule has 1 rings (SSSR count). The second-order valence-corrected chi connectivity index (χ2v) is 2.86. The smallest absolute Gasteiger partial charge is 0.326 e. The second-order valence-electron chi connectivity index (χ2n) is 2.86. The quantitative estimate of drug-likeness (QED) is 0.445. The first kappa shape index (κ1) is 8.27. The molecule has 0 bridgehead atoms. The summed E-state index contributed by atoms with van der Waals surface area (Å²) in [4.78, 5) is 11.1. The van der Waals surface area contributed by atoms with Crippen molar-refractivity contribution in [3.05, 3.63) is 12.2 Å². The number of ether oxygens (including phenoxy) is 1. The van der Waals surface area contributed by atoms with Crippen LogP contribution in [-0.2, 0) is 9.53 Å². The minimum absolute atomic E-state index is 0.304. The molecule has 11 heavy (non-hydrogen) atoms. The molecule has 2 N–H and O–H groups in total. The van der Waals surface area contributed by atoms with Crippen LogP contribution in [0.4, 0.5) is 0 Å². The third-order valence-electron chi connectivity index (χ3n) is 2.00. The van der Waals surface area contributed by atoms with Gasteiger partial charge in [0.05, 0.1) is 7.11 Å². The molecular weight excluding hydrogens is 142 g/mol. The van der Waals surface area contributed by atoms with Gasteiger partial charge in [0.2, 0.25) is 0 Å². The lowest BCUT2D eigenvalue weighted by Crippen LogP contribution is -2.49. The summed E-state index contributed by atoms with van der Waals surface area (Å²) in [5.41, 5.74) is 5.03. The molecule has 1 aliphatic rings. The number of hydrogen-bond donors (Lipinski definition) is 1. The third-order valence-corrected chi connectivity index (χ3v) is 2.00. The molecule has 3 heteroatoms. The van der Waals surface area contributed by atoms with Crippen LogP contribution in [-0.4, -0.2) is 18.6 Å². The fourth-order valence-electron chi connectivity index (χ4n) is 1.24. The lowest BCUT2D eigenvalue weighted by molar-refractivity contribution is -0.147. The Bertz CT molecular complexity index is 189. The van der Waals surface area contributed by atoms with Gasteiger partial charge >= 0.3 is 5.97 Å². The van der Waals surface area contributed by atoms with Crippen molar-refractivity contribution < 1.29 is 9.53 Å². The van der Waals surface area contributed by atoms with E-state index >= 15 is 0 Å². The number of methoxy groups -OCH3 is 1. The van der Waals surface area contributed by atoms with Crippen molar-refractivity contribution >= 4 is 5.97 Å². The van der Waals surface area contributed by atoms with Gasteiger partial charge in [-0.1, -0.05) is 12.2 Å². The summed E-state index contributed by atoms with van der Waals surface area (Å²) in [5, 5.41) is 0. The number of hydrogen-bond acceptors (Lipinski definition) is 3. The molecule has 0 spiro atoms. The molecule has 0 radical (unpaired) electrons. The summed E-state index contributed by atoms with van der Waals surface area (Å²) in [7, 11) is 1.37. The van der Waals surface area contributed by atoms with Crippen molar-refractivity contribution in [2.75, 3.05) is 7.11 Å². The van der Waals surface area contributed by atoms with E-state index in [0.717, 1.165) is 6.42 Å². The van der Waals surface area contributed by atoms with Gasteiger partial charge in [-0.2, -0.15) is 0 Å². The fourth-order valence-corrected chi connectivity index (χ4v) is 1.24. The van der Waals surface area contributed by atoms with Crippen LogP contribution in [0.3, 0.4) is 0 Å². The maximum absolute atomic E-state index is 11.1. The van der Waals surface area contributed by atoms with E-state index in [4.69, 9.17) is 5.73 Å². The first-order valence-corrected chi connectivity index (χ1v) is 3.71. The van der Waals surface area contributed by atoms with E-state index in [1.54, 1.807) is 0 Å². The van der Waals surface area contributed by atoms with Gasteiger partial charge in [-0.3, -0.25) is 4.79 Å². The maximum atomic E-state index is 11.1. The lowest BCUT2D eigenvalue weighted by Gasteiger charge is -2.26. The van der Waals surface area contributed by atoms with E-state index in [1.807, 2.05) is 12.2 Å². The van der Waals surface area contributed by atoms with Gasteiger partial charge in [-0.25, -0.2) is 0 Å². The highest BCUT2D eigenvalue weighted by Crippen LogP contribution is 2.21. The van der Waals surface area contributed by atoms with Gasteiger partial charge in [0.15, 0.2) is 0 Å². The molecule has 62 valence electrons. The maximum Gasteiger partial charge on any atom is 0.326 e. The van der Waals surface area contributed by atoms with Crippen LogP contribution in [0.5, 0.6) is 0 Å². The van der Waals surface area contributed by atoms with Crippen molar-refractivity contribution in [1.29, 1.82) is 0 Å². The summed E-state index contributed by atoms with van der Waals surface area (Å²) in [6.07, 6.45) is 6.12. The SMILES string of the molecule is COC(=O)C1(N)CC=CCC1. The molecule has 1 aliphatic carbocycles. The molecule has 0 aromatic heterocycles. The number of carbonyl (C=O) groups is 1. The van der Waals surface area contributed by atoms with Crippen molar-refractivity contribution in [2.24, 2.45) is 5.73 Å².